The molecule has 1 saturated heterocycles. The maximum Gasteiger partial charge on any atom is 0.405 e. The summed E-state index contributed by atoms with van der Waals surface area (Å²) in [6.45, 7) is 1.63. The van der Waals surface area contributed by atoms with Crippen LogP contribution in [-0.4, -0.2) is 65.3 Å². The van der Waals surface area contributed by atoms with Gasteiger partial charge >= 0.3 is 6.18 Å². The number of amides is 1. The highest BCUT2D eigenvalue weighted by Crippen LogP contribution is 2.24. The smallest absolute Gasteiger partial charge is 0.354 e. The van der Waals surface area contributed by atoms with Gasteiger partial charge in [-0.1, -0.05) is 12.1 Å². The summed E-state index contributed by atoms with van der Waals surface area (Å²) < 4.78 is 41.8. The fourth-order valence-corrected chi connectivity index (χ4v) is 3.16. The number of nitrogens with one attached hydrogen (secondary N) is 2. The number of para-hydroxylation sites is 2. The molecule has 0 saturated carbocycles. The van der Waals surface area contributed by atoms with Gasteiger partial charge in [-0.05, 0) is 12.1 Å². The molecule has 0 spiro atoms. The average molecular weight is 369 g/mol. The number of piperazine rings is 1. The fourth-order valence-electron chi connectivity index (χ4n) is 3.16. The minimum Gasteiger partial charge on any atom is -0.354 e. The van der Waals surface area contributed by atoms with Gasteiger partial charge < -0.3 is 15.2 Å². The molecule has 1 atom stereocenters. The molecule has 3 rings (SSSR count). The number of fused-ring (bicyclic) bond motifs is 1. The predicted octanol–water partition coefficient (Wildman–Crippen LogP) is 1.38. The Kier molecular flexibility index (Phi) is 5.77. The van der Waals surface area contributed by atoms with E-state index in [1.165, 1.54) is 4.90 Å². The van der Waals surface area contributed by atoms with Crippen molar-refractivity contribution in [1.29, 1.82) is 0 Å². The molecule has 142 valence electrons. The molecular formula is C17H22F3N5O. The lowest BCUT2D eigenvalue weighted by atomic mass is 10.2. The molecule has 0 aliphatic carbocycles. The topological polar surface area (TPSA) is 62.2 Å². The highest BCUT2D eigenvalue weighted by Gasteiger charge is 2.43. The van der Waals surface area contributed by atoms with Crippen molar-refractivity contribution in [3.8, 4) is 0 Å². The van der Waals surface area contributed by atoms with Gasteiger partial charge in [0, 0.05) is 45.7 Å². The van der Waals surface area contributed by atoms with Crippen LogP contribution in [0.1, 0.15) is 6.42 Å². The number of imidazole rings is 1. The summed E-state index contributed by atoms with van der Waals surface area (Å²) in [4.78, 5) is 17.7. The molecule has 0 radical (unpaired) electrons. The number of rotatable bonds is 6. The summed E-state index contributed by atoms with van der Waals surface area (Å²) in [5.41, 5.74) is 1.72. The van der Waals surface area contributed by atoms with Crippen LogP contribution in [0.25, 0.3) is 11.0 Å². The Labute approximate surface area is 149 Å². The Hall–Kier alpha value is -2.13. The zero-order valence-electron chi connectivity index (χ0n) is 14.3. The highest BCUT2D eigenvalue weighted by atomic mass is 19.4. The summed E-state index contributed by atoms with van der Waals surface area (Å²) in [6, 6.07) is 5.86. The molecule has 2 aromatic rings. The van der Waals surface area contributed by atoms with Crippen molar-refractivity contribution in [3.63, 3.8) is 0 Å². The monoisotopic (exact) mass is 369 g/mol. The molecule has 0 bridgehead atoms. The Bertz CT molecular complexity index is 739. The number of nitrogens with zero attached hydrogens (tertiary/aromatic N) is 3. The van der Waals surface area contributed by atoms with E-state index in [2.05, 4.69) is 15.6 Å². The number of benzene rings is 1. The molecule has 9 heteroatoms. The van der Waals surface area contributed by atoms with Crippen LogP contribution < -0.4 is 10.6 Å². The third-order valence-electron chi connectivity index (χ3n) is 4.57. The molecule has 2 N–H and O–H groups in total. The van der Waals surface area contributed by atoms with Crippen molar-refractivity contribution >= 4 is 16.9 Å². The quantitative estimate of drug-likeness (QED) is 0.808. The number of aromatic nitrogens is 2. The normalized spacial score (nSPS) is 17.3. The van der Waals surface area contributed by atoms with E-state index in [4.69, 9.17) is 0 Å². The Morgan fingerprint density at radius 1 is 1.27 bits per heavy atom. The van der Waals surface area contributed by atoms with E-state index >= 15 is 0 Å². The van der Waals surface area contributed by atoms with Crippen LogP contribution >= 0.6 is 0 Å². The standard InChI is InChI=1S/C17H22F3N5O/c18-17(19,20)15(24-9-6-21-7-10-24)11-22-16(26)5-8-25-12-23-13-3-1-2-4-14(13)25/h1-4,12,15,21H,5-11H2,(H,22,26). The first-order valence-corrected chi connectivity index (χ1v) is 8.63. The molecule has 1 aromatic carbocycles. The van der Waals surface area contributed by atoms with E-state index in [0.29, 0.717) is 32.7 Å². The van der Waals surface area contributed by atoms with Crippen LogP contribution in [-0.2, 0) is 11.3 Å². The van der Waals surface area contributed by atoms with Crippen LogP contribution in [0, 0.1) is 0 Å². The first-order valence-electron chi connectivity index (χ1n) is 8.63. The number of hydrogen-bond acceptors (Lipinski definition) is 4. The van der Waals surface area contributed by atoms with Gasteiger partial charge in [0.05, 0.1) is 17.4 Å². The number of alkyl halides is 3. The van der Waals surface area contributed by atoms with Gasteiger partial charge in [0.2, 0.25) is 5.91 Å². The minimum absolute atomic E-state index is 0.104. The van der Waals surface area contributed by atoms with Crippen molar-refractivity contribution in [1.82, 2.24) is 25.1 Å². The van der Waals surface area contributed by atoms with Crippen molar-refractivity contribution < 1.29 is 18.0 Å². The summed E-state index contributed by atoms with van der Waals surface area (Å²) in [7, 11) is 0. The van der Waals surface area contributed by atoms with Crippen molar-refractivity contribution in [2.24, 2.45) is 0 Å². The van der Waals surface area contributed by atoms with Crippen LogP contribution in [0.4, 0.5) is 13.2 Å². The van der Waals surface area contributed by atoms with Gasteiger partial charge in [-0.25, -0.2) is 4.98 Å². The van der Waals surface area contributed by atoms with Crippen molar-refractivity contribution in [2.45, 2.75) is 25.2 Å². The first kappa shape index (κ1) is 18.7. The van der Waals surface area contributed by atoms with Gasteiger partial charge in [-0.2, -0.15) is 13.2 Å². The maximum atomic E-state index is 13.3. The second-order valence-corrected chi connectivity index (χ2v) is 6.32. The number of carbonyl (C=O) groups is 1. The third kappa shape index (κ3) is 4.53. The summed E-state index contributed by atoms with van der Waals surface area (Å²) in [5.74, 6) is -0.396. The number of hydrogen-bond donors (Lipinski definition) is 2. The van der Waals surface area contributed by atoms with E-state index < -0.39 is 24.7 Å². The SMILES string of the molecule is O=C(CCn1cnc2ccccc21)NCC(N1CCNCC1)C(F)(F)F. The van der Waals surface area contributed by atoms with Crippen LogP contribution in [0.2, 0.25) is 0 Å². The van der Waals surface area contributed by atoms with Crippen LogP contribution in [0.15, 0.2) is 30.6 Å². The molecule has 1 amide bonds. The van der Waals surface area contributed by atoms with Crippen LogP contribution in [0.5, 0.6) is 0 Å². The summed E-state index contributed by atoms with van der Waals surface area (Å²) in [5, 5.41) is 5.47. The van der Waals surface area contributed by atoms with Gasteiger partial charge in [0.15, 0.2) is 0 Å². The lowest BCUT2D eigenvalue weighted by Gasteiger charge is -2.35. The largest absolute Gasteiger partial charge is 0.405 e. The van der Waals surface area contributed by atoms with E-state index in [1.54, 1.807) is 6.33 Å². The molecule has 1 aliphatic heterocycles. The van der Waals surface area contributed by atoms with E-state index in [0.717, 1.165) is 11.0 Å². The fraction of sp³-hybridized carbons (Fsp3) is 0.529. The van der Waals surface area contributed by atoms with Gasteiger partial charge in [-0.3, -0.25) is 9.69 Å². The second-order valence-electron chi connectivity index (χ2n) is 6.32. The lowest BCUT2D eigenvalue weighted by Crippen LogP contribution is -2.57. The van der Waals surface area contributed by atoms with E-state index in [1.807, 2.05) is 28.8 Å². The van der Waals surface area contributed by atoms with Gasteiger partial charge in [0.25, 0.3) is 0 Å². The molecule has 1 unspecified atom stereocenters. The minimum atomic E-state index is -4.37. The molecular weight excluding hydrogens is 347 g/mol. The zero-order chi connectivity index (χ0) is 18.6. The number of aryl methyl sites for hydroxylation is 1. The molecule has 1 aliphatic rings. The Morgan fingerprint density at radius 3 is 2.73 bits per heavy atom. The molecule has 1 aromatic heterocycles. The molecule has 6 nitrogen and oxygen atoms in total. The first-order chi connectivity index (χ1) is 12.4. The summed E-state index contributed by atoms with van der Waals surface area (Å²) >= 11 is 0. The Morgan fingerprint density at radius 2 is 2.00 bits per heavy atom. The van der Waals surface area contributed by atoms with Crippen molar-refractivity contribution in [2.75, 3.05) is 32.7 Å². The highest BCUT2D eigenvalue weighted by molar-refractivity contribution is 5.77. The molecule has 1 fully saturated rings. The Balaban J connectivity index is 1.53. The predicted molar refractivity (Wildman–Crippen MR) is 91.6 cm³/mol. The molecule has 2 heterocycles. The van der Waals surface area contributed by atoms with Gasteiger partial charge in [0.1, 0.15) is 6.04 Å². The van der Waals surface area contributed by atoms with E-state index in [9.17, 15) is 18.0 Å². The van der Waals surface area contributed by atoms with Crippen molar-refractivity contribution in [3.05, 3.63) is 30.6 Å². The zero-order valence-corrected chi connectivity index (χ0v) is 14.3. The van der Waals surface area contributed by atoms with Crippen LogP contribution in [0.3, 0.4) is 0 Å². The number of halogens is 3. The third-order valence-corrected chi connectivity index (χ3v) is 4.57. The summed E-state index contributed by atoms with van der Waals surface area (Å²) in [6.07, 6.45) is -2.63. The second kappa shape index (κ2) is 8.05. The lowest BCUT2D eigenvalue weighted by molar-refractivity contribution is -0.184. The molecule has 26 heavy (non-hydrogen) atoms. The number of carbonyl (C=O) groups excluding carboxylic acids is 1. The maximum absolute atomic E-state index is 13.3. The van der Waals surface area contributed by atoms with Gasteiger partial charge in [-0.15, -0.1) is 0 Å². The van der Waals surface area contributed by atoms with E-state index in [-0.39, 0.29) is 6.42 Å². The average Bonchev–Trinajstić information content (AvgIpc) is 3.03.